The monoisotopic (exact) mass is 439 g/mol. The number of halogens is 3. The van der Waals surface area contributed by atoms with Gasteiger partial charge in [0.15, 0.2) is 0 Å². The molecule has 0 aliphatic rings. The summed E-state index contributed by atoms with van der Waals surface area (Å²) in [7, 11) is 0. The quantitative estimate of drug-likeness (QED) is 0.402. The van der Waals surface area contributed by atoms with Gasteiger partial charge in [0.25, 0.3) is 5.89 Å². The molecule has 1 heterocycles. The van der Waals surface area contributed by atoms with Crippen LogP contribution in [0.2, 0.25) is 0 Å². The number of anilines is 1. The van der Waals surface area contributed by atoms with Crippen LogP contribution in [0.5, 0.6) is 11.5 Å². The van der Waals surface area contributed by atoms with Crippen molar-refractivity contribution in [1.82, 2.24) is 10.1 Å². The molecule has 0 spiro atoms. The highest BCUT2D eigenvalue weighted by molar-refractivity contribution is 5.88. The first kappa shape index (κ1) is 21.1. The fourth-order valence-electron chi connectivity index (χ4n) is 2.88. The molecule has 4 aromatic rings. The Morgan fingerprint density at radius 2 is 1.44 bits per heavy atom. The molecule has 1 N–H and O–H groups in total. The van der Waals surface area contributed by atoms with Crippen molar-refractivity contribution in [1.29, 1.82) is 0 Å². The highest BCUT2D eigenvalue weighted by Crippen LogP contribution is 2.32. The van der Waals surface area contributed by atoms with Crippen LogP contribution in [0.25, 0.3) is 22.8 Å². The third-order valence-corrected chi connectivity index (χ3v) is 4.41. The van der Waals surface area contributed by atoms with E-state index in [1.807, 2.05) is 0 Å². The summed E-state index contributed by atoms with van der Waals surface area (Å²) in [5.41, 5.74) is 1.29. The van der Waals surface area contributed by atoms with Crippen LogP contribution < -0.4 is 10.1 Å². The van der Waals surface area contributed by atoms with E-state index in [9.17, 15) is 18.0 Å². The fraction of sp³-hybridized carbons (Fsp3) is 0.0870. The minimum absolute atomic E-state index is 0.163. The summed E-state index contributed by atoms with van der Waals surface area (Å²) in [5.74, 6) is 1.26. The van der Waals surface area contributed by atoms with Gasteiger partial charge in [0, 0.05) is 23.7 Å². The summed E-state index contributed by atoms with van der Waals surface area (Å²) in [5, 5.41) is 6.66. The number of hydrogen-bond acceptors (Lipinski definition) is 5. The average molecular weight is 439 g/mol. The molecule has 0 saturated carbocycles. The van der Waals surface area contributed by atoms with Crippen molar-refractivity contribution in [3.05, 3.63) is 78.4 Å². The number of benzene rings is 3. The zero-order valence-corrected chi connectivity index (χ0v) is 16.7. The standard InChI is InChI=1S/C23H16F3N3O3/c1-14(30)27-18-8-2-16(3-9-18)22-28-21(29-32-22)15-4-10-19(11-5-15)31-20-12-6-17(7-13-20)23(24,25)26/h2-13H,1H3,(H,27,30). The molecular formula is C23H16F3N3O3. The third-order valence-electron chi connectivity index (χ3n) is 4.41. The van der Waals surface area contributed by atoms with Gasteiger partial charge in [-0.1, -0.05) is 5.16 Å². The van der Waals surface area contributed by atoms with E-state index < -0.39 is 11.7 Å². The second kappa shape index (κ2) is 8.54. The van der Waals surface area contributed by atoms with Crippen molar-refractivity contribution < 1.29 is 27.2 Å². The predicted octanol–water partition coefficient (Wildman–Crippen LogP) is 6.17. The summed E-state index contributed by atoms with van der Waals surface area (Å²) in [6.07, 6.45) is -4.39. The Labute approximate surface area is 180 Å². The zero-order chi connectivity index (χ0) is 22.7. The molecule has 1 aromatic heterocycles. The van der Waals surface area contributed by atoms with E-state index in [1.54, 1.807) is 48.5 Å². The molecule has 0 saturated heterocycles. The molecular weight excluding hydrogens is 423 g/mol. The van der Waals surface area contributed by atoms with Crippen LogP contribution in [-0.4, -0.2) is 16.0 Å². The van der Waals surface area contributed by atoms with E-state index in [2.05, 4.69) is 15.5 Å². The summed E-state index contributed by atoms with van der Waals surface area (Å²) in [6.45, 7) is 1.43. The molecule has 1 amide bonds. The van der Waals surface area contributed by atoms with Crippen LogP contribution in [0.1, 0.15) is 12.5 Å². The zero-order valence-electron chi connectivity index (χ0n) is 16.7. The molecule has 0 unspecified atom stereocenters. The van der Waals surface area contributed by atoms with E-state index in [0.29, 0.717) is 34.3 Å². The number of ether oxygens (including phenoxy) is 1. The lowest BCUT2D eigenvalue weighted by atomic mass is 10.2. The molecule has 9 heteroatoms. The number of aromatic nitrogens is 2. The lowest BCUT2D eigenvalue weighted by Gasteiger charge is -2.09. The van der Waals surface area contributed by atoms with Crippen LogP contribution in [0.15, 0.2) is 77.3 Å². The molecule has 0 atom stereocenters. The summed E-state index contributed by atoms with van der Waals surface area (Å²) in [6, 6.07) is 18.2. The SMILES string of the molecule is CC(=O)Nc1ccc(-c2nc(-c3ccc(Oc4ccc(C(F)(F)F)cc4)cc3)no2)cc1. The van der Waals surface area contributed by atoms with Crippen LogP contribution in [-0.2, 0) is 11.0 Å². The fourth-order valence-corrected chi connectivity index (χ4v) is 2.88. The van der Waals surface area contributed by atoms with Crippen molar-refractivity contribution in [2.75, 3.05) is 5.32 Å². The van der Waals surface area contributed by atoms with Crippen LogP contribution in [0, 0.1) is 0 Å². The lowest BCUT2D eigenvalue weighted by Crippen LogP contribution is -2.05. The Morgan fingerprint density at radius 3 is 2.00 bits per heavy atom. The van der Waals surface area contributed by atoms with Crippen molar-refractivity contribution in [2.45, 2.75) is 13.1 Å². The van der Waals surface area contributed by atoms with Gasteiger partial charge in [0.2, 0.25) is 11.7 Å². The molecule has 0 aliphatic carbocycles. The van der Waals surface area contributed by atoms with Gasteiger partial charge in [0.1, 0.15) is 11.5 Å². The predicted molar refractivity (Wildman–Crippen MR) is 111 cm³/mol. The number of nitrogens with one attached hydrogen (secondary N) is 1. The Balaban J connectivity index is 1.44. The van der Waals surface area contributed by atoms with E-state index in [4.69, 9.17) is 9.26 Å². The van der Waals surface area contributed by atoms with Crippen LogP contribution in [0.3, 0.4) is 0 Å². The van der Waals surface area contributed by atoms with E-state index in [0.717, 1.165) is 12.1 Å². The Hall–Kier alpha value is -4.14. The van der Waals surface area contributed by atoms with E-state index in [-0.39, 0.29) is 11.7 Å². The van der Waals surface area contributed by atoms with Gasteiger partial charge >= 0.3 is 6.18 Å². The smallest absolute Gasteiger partial charge is 0.416 e. The van der Waals surface area contributed by atoms with E-state index in [1.165, 1.54) is 19.1 Å². The molecule has 162 valence electrons. The highest BCUT2D eigenvalue weighted by Gasteiger charge is 2.30. The first-order valence-electron chi connectivity index (χ1n) is 9.45. The van der Waals surface area contributed by atoms with Crippen LogP contribution in [0.4, 0.5) is 18.9 Å². The summed E-state index contributed by atoms with van der Waals surface area (Å²) >= 11 is 0. The number of hydrogen-bond donors (Lipinski definition) is 1. The molecule has 0 fully saturated rings. The van der Waals surface area contributed by atoms with Gasteiger partial charge in [-0.3, -0.25) is 4.79 Å². The second-order valence-electron chi connectivity index (χ2n) is 6.83. The number of carbonyl (C=O) groups excluding carboxylic acids is 1. The number of alkyl halides is 3. The first-order valence-corrected chi connectivity index (χ1v) is 9.45. The maximum Gasteiger partial charge on any atom is 0.416 e. The normalized spacial score (nSPS) is 11.2. The van der Waals surface area contributed by atoms with Crippen molar-refractivity contribution in [2.24, 2.45) is 0 Å². The molecule has 0 bridgehead atoms. The molecule has 0 aliphatic heterocycles. The third kappa shape index (κ3) is 4.94. The van der Waals surface area contributed by atoms with Crippen molar-refractivity contribution in [3.8, 4) is 34.3 Å². The van der Waals surface area contributed by atoms with Gasteiger partial charge in [0.05, 0.1) is 5.56 Å². The Kier molecular flexibility index (Phi) is 5.63. The Bertz CT molecular complexity index is 1220. The van der Waals surface area contributed by atoms with Gasteiger partial charge in [-0.15, -0.1) is 0 Å². The Morgan fingerprint density at radius 1 is 0.875 bits per heavy atom. The number of amides is 1. The molecule has 4 rings (SSSR count). The topological polar surface area (TPSA) is 77.2 Å². The second-order valence-corrected chi connectivity index (χ2v) is 6.83. The number of rotatable bonds is 5. The van der Waals surface area contributed by atoms with Gasteiger partial charge < -0.3 is 14.6 Å². The average Bonchev–Trinajstić information content (AvgIpc) is 3.24. The number of nitrogens with zero attached hydrogens (tertiary/aromatic N) is 2. The summed E-state index contributed by atoms with van der Waals surface area (Å²) in [4.78, 5) is 15.5. The van der Waals surface area contributed by atoms with Gasteiger partial charge in [-0.25, -0.2) is 0 Å². The summed E-state index contributed by atoms with van der Waals surface area (Å²) < 4.78 is 48.9. The van der Waals surface area contributed by atoms with E-state index >= 15 is 0 Å². The van der Waals surface area contributed by atoms with Crippen LogP contribution >= 0.6 is 0 Å². The van der Waals surface area contributed by atoms with Crippen molar-refractivity contribution >= 4 is 11.6 Å². The molecule has 6 nitrogen and oxygen atoms in total. The highest BCUT2D eigenvalue weighted by atomic mass is 19.4. The van der Waals surface area contributed by atoms with Gasteiger partial charge in [-0.05, 0) is 72.8 Å². The maximum atomic E-state index is 12.6. The van der Waals surface area contributed by atoms with Crippen molar-refractivity contribution in [3.63, 3.8) is 0 Å². The molecule has 3 aromatic carbocycles. The minimum Gasteiger partial charge on any atom is -0.457 e. The number of carbonyl (C=O) groups is 1. The largest absolute Gasteiger partial charge is 0.457 e. The lowest BCUT2D eigenvalue weighted by molar-refractivity contribution is -0.137. The molecule has 0 radical (unpaired) electrons. The maximum absolute atomic E-state index is 12.6. The molecule has 32 heavy (non-hydrogen) atoms. The van der Waals surface area contributed by atoms with Gasteiger partial charge in [-0.2, -0.15) is 18.2 Å². The first-order chi connectivity index (χ1) is 15.3. The minimum atomic E-state index is -4.39.